The number of aromatic nitrogens is 2. The van der Waals surface area contributed by atoms with Crippen LogP contribution in [0.15, 0.2) is 60.9 Å². The maximum atomic E-state index is 11.9. The summed E-state index contributed by atoms with van der Waals surface area (Å²) < 4.78 is 17.2. The molecule has 1 heterocycles. The Balaban J connectivity index is 1.39. The van der Waals surface area contributed by atoms with E-state index in [9.17, 15) is 4.79 Å². The maximum Gasteiger partial charge on any atom is 0.306 e. The number of carbonyl (C=O) groups excluding carboxylic acids is 1. The van der Waals surface area contributed by atoms with Gasteiger partial charge in [0.05, 0.1) is 6.61 Å². The molecule has 0 saturated heterocycles. The van der Waals surface area contributed by atoms with E-state index < -0.39 is 0 Å². The van der Waals surface area contributed by atoms with Gasteiger partial charge in [-0.2, -0.15) is 0 Å². The number of hydrogen-bond acceptors (Lipinski definition) is 6. The highest BCUT2D eigenvalue weighted by Crippen LogP contribution is 2.24. The minimum absolute atomic E-state index is 0.160. The summed E-state index contributed by atoms with van der Waals surface area (Å²) in [7, 11) is 0. The highest BCUT2D eigenvalue weighted by molar-refractivity contribution is 5.69. The summed E-state index contributed by atoms with van der Waals surface area (Å²) in [5.74, 6) is 2.13. The van der Waals surface area contributed by atoms with Crippen LogP contribution in [0.4, 0.5) is 0 Å². The quantitative estimate of drug-likeness (QED) is 0.101. The highest BCUT2D eigenvalue weighted by atomic mass is 16.6. The highest BCUT2D eigenvalue weighted by Gasteiger charge is 2.10. The Morgan fingerprint density at radius 1 is 0.659 bits per heavy atom. The van der Waals surface area contributed by atoms with E-state index in [-0.39, 0.29) is 12.1 Å². The number of carbonyl (C=O) groups is 1. The van der Waals surface area contributed by atoms with Gasteiger partial charge in [-0.3, -0.25) is 4.79 Å². The molecule has 1 aromatic heterocycles. The first kappa shape index (κ1) is 32.1. The van der Waals surface area contributed by atoms with Gasteiger partial charge < -0.3 is 14.2 Å². The zero-order chi connectivity index (χ0) is 29.1. The fourth-order valence-electron chi connectivity index (χ4n) is 4.55. The molecule has 6 heteroatoms. The van der Waals surface area contributed by atoms with Crippen molar-refractivity contribution < 1.29 is 19.0 Å². The Morgan fingerprint density at radius 2 is 1.20 bits per heavy atom. The zero-order valence-electron chi connectivity index (χ0n) is 25.3. The second-order valence-corrected chi connectivity index (χ2v) is 10.7. The minimum Gasteiger partial charge on any atom is -0.494 e. The smallest absolute Gasteiger partial charge is 0.306 e. The van der Waals surface area contributed by atoms with Crippen molar-refractivity contribution in [1.29, 1.82) is 0 Å². The van der Waals surface area contributed by atoms with Crippen LogP contribution in [-0.4, -0.2) is 35.3 Å². The molecule has 41 heavy (non-hydrogen) atoms. The summed E-state index contributed by atoms with van der Waals surface area (Å²) in [6.45, 7) is 7.30. The molecule has 0 bridgehead atoms. The van der Waals surface area contributed by atoms with Crippen LogP contribution >= 0.6 is 0 Å². The number of nitrogens with zero attached hydrogens (tertiary/aromatic N) is 2. The summed E-state index contributed by atoms with van der Waals surface area (Å²) in [6.07, 6.45) is 17.2. The van der Waals surface area contributed by atoms with Gasteiger partial charge in [0.15, 0.2) is 5.82 Å². The number of esters is 1. The van der Waals surface area contributed by atoms with Crippen LogP contribution in [0, 0.1) is 0 Å². The Morgan fingerprint density at radius 3 is 1.83 bits per heavy atom. The molecule has 1 atom stereocenters. The summed E-state index contributed by atoms with van der Waals surface area (Å²) in [4.78, 5) is 21.0. The average molecular weight is 561 g/mol. The van der Waals surface area contributed by atoms with E-state index in [0.717, 1.165) is 60.5 Å². The molecule has 3 aromatic rings. The van der Waals surface area contributed by atoms with Crippen molar-refractivity contribution in [2.75, 3.05) is 13.2 Å². The predicted octanol–water partition coefficient (Wildman–Crippen LogP) is 9.22. The summed E-state index contributed by atoms with van der Waals surface area (Å²) >= 11 is 0. The number of unbranched alkanes of at least 4 members (excludes halogenated alkanes) is 9. The first-order valence-corrected chi connectivity index (χ1v) is 15.6. The molecule has 222 valence electrons. The fourth-order valence-corrected chi connectivity index (χ4v) is 4.55. The Bertz CT molecular complexity index is 1110. The first-order valence-electron chi connectivity index (χ1n) is 15.6. The number of benzene rings is 2. The monoisotopic (exact) mass is 560 g/mol. The van der Waals surface area contributed by atoms with E-state index >= 15 is 0 Å². The summed E-state index contributed by atoms with van der Waals surface area (Å²) in [6, 6.07) is 15.8. The molecule has 0 spiro atoms. The summed E-state index contributed by atoms with van der Waals surface area (Å²) in [5, 5.41) is 0. The predicted molar refractivity (Wildman–Crippen MR) is 166 cm³/mol. The molecule has 0 amide bonds. The third kappa shape index (κ3) is 12.3. The van der Waals surface area contributed by atoms with Gasteiger partial charge in [0.1, 0.15) is 24.2 Å². The van der Waals surface area contributed by atoms with Crippen LogP contribution in [0.5, 0.6) is 11.5 Å². The normalized spacial score (nSPS) is 11.7. The van der Waals surface area contributed by atoms with Crippen LogP contribution in [0.1, 0.15) is 97.8 Å². The van der Waals surface area contributed by atoms with E-state index in [1.165, 1.54) is 44.9 Å². The van der Waals surface area contributed by atoms with E-state index in [4.69, 9.17) is 14.2 Å². The number of ether oxygens (including phenoxy) is 3. The molecule has 0 fully saturated rings. The fraction of sp³-hybridized carbons (Fsp3) is 0.514. The average Bonchev–Trinajstić information content (AvgIpc) is 3.00. The number of rotatable bonds is 20. The molecule has 0 aliphatic rings. The van der Waals surface area contributed by atoms with Gasteiger partial charge in [-0.05, 0) is 61.7 Å². The Labute approximate surface area is 246 Å². The van der Waals surface area contributed by atoms with E-state index in [0.29, 0.717) is 18.9 Å². The van der Waals surface area contributed by atoms with Crippen molar-refractivity contribution in [3.63, 3.8) is 0 Å². The van der Waals surface area contributed by atoms with Gasteiger partial charge in [-0.15, -0.1) is 0 Å². The topological polar surface area (TPSA) is 70.5 Å². The van der Waals surface area contributed by atoms with Gasteiger partial charge in [0, 0.05) is 29.9 Å². The summed E-state index contributed by atoms with van der Waals surface area (Å²) in [5.41, 5.74) is 2.89. The molecule has 0 aliphatic heterocycles. The lowest BCUT2D eigenvalue weighted by Gasteiger charge is -2.14. The zero-order valence-corrected chi connectivity index (χ0v) is 25.3. The van der Waals surface area contributed by atoms with Gasteiger partial charge in [-0.25, -0.2) is 9.97 Å². The minimum atomic E-state index is -0.291. The molecule has 1 unspecified atom stereocenters. The van der Waals surface area contributed by atoms with Crippen molar-refractivity contribution >= 4 is 5.97 Å². The van der Waals surface area contributed by atoms with Crippen LogP contribution in [0.2, 0.25) is 0 Å². The molecule has 0 aliphatic carbocycles. The van der Waals surface area contributed by atoms with Crippen molar-refractivity contribution in [1.82, 2.24) is 9.97 Å². The lowest BCUT2D eigenvalue weighted by Crippen LogP contribution is -2.21. The lowest BCUT2D eigenvalue weighted by molar-refractivity contribution is -0.149. The third-order valence-corrected chi connectivity index (χ3v) is 7.02. The van der Waals surface area contributed by atoms with Gasteiger partial charge in [-0.1, -0.05) is 83.8 Å². The van der Waals surface area contributed by atoms with Gasteiger partial charge in [0.2, 0.25) is 0 Å². The largest absolute Gasteiger partial charge is 0.494 e. The van der Waals surface area contributed by atoms with Crippen molar-refractivity contribution in [2.45, 2.75) is 104 Å². The molecule has 6 nitrogen and oxygen atoms in total. The van der Waals surface area contributed by atoms with E-state index in [1.807, 2.05) is 67.8 Å². The van der Waals surface area contributed by atoms with Gasteiger partial charge in [0.25, 0.3) is 0 Å². The second-order valence-electron chi connectivity index (χ2n) is 10.7. The SMILES string of the molecule is CCCCCCCCCCOc1ccc(-c2ncc(-c3ccc(OCC(C)OC(=O)CCCCC)cc3)cn2)cc1. The molecule has 2 aromatic carbocycles. The van der Waals surface area contributed by atoms with Crippen LogP contribution in [-0.2, 0) is 9.53 Å². The Hall–Kier alpha value is -3.41. The van der Waals surface area contributed by atoms with Crippen molar-refractivity contribution in [2.24, 2.45) is 0 Å². The van der Waals surface area contributed by atoms with E-state index in [2.05, 4.69) is 23.8 Å². The van der Waals surface area contributed by atoms with Crippen LogP contribution in [0.25, 0.3) is 22.5 Å². The molecule has 3 rings (SSSR count). The van der Waals surface area contributed by atoms with Crippen molar-refractivity contribution in [3.8, 4) is 34.0 Å². The third-order valence-electron chi connectivity index (χ3n) is 7.02. The second kappa shape index (κ2) is 18.8. The van der Waals surface area contributed by atoms with Crippen LogP contribution in [0.3, 0.4) is 0 Å². The lowest BCUT2D eigenvalue weighted by atomic mass is 10.1. The molecular formula is C35H48N2O4. The maximum absolute atomic E-state index is 11.9. The van der Waals surface area contributed by atoms with Gasteiger partial charge >= 0.3 is 5.97 Å². The standard InChI is InChI=1S/C35H48N2O4/c1-4-6-8-9-10-11-12-14-24-39-32-22-18-30(19-23-32)35-36-25-31(26-37-35)29-16-20-33(21-17-29)40-27-28(3)41-34(38)15-13-7-5-2/h16-23,25-26,28H,4-15,24,27H2,1-3H3. The molecule has 0 saturated carbocycles. The molecule has 0 radical (unpaired) electrons. The Kier molecular flexibility index (Phi) is 14.8. The first-order chi connectivity index (χ1) is 20.1. The molecular weight excluding hydrogens is 512 g/mol. The van der Waals surface area contributed by atoms with E-state index in [1.54, 1.807) is 0 Å². The number of hydrogen-bond donors (Lipinski definition) is 0. The molecule has 0 N–H and O–H groups in total. The van der Waals surface area contributed by atoms with Crippen molar-refractivity contribution in [3.05, 3.63) is 60.9 Å². The van der Waals surface area contributed by atoms with Crippen LogP contribution < -0.4 is 9.47 Å².